The van der Waals surface area contributed by atoms with Gasteiger partial charge in [0.25, 0.3) is 10.0 Å². The van der Waals surface area contributed by atoms with Crippen molar-refractivity contribution in [2.75, 3.05) is 25.0 Å². The third kappa shape index (κ3) is 6.51. The molecule has 2 aromatic carbocycles. The number of benzene rings is 2. The molecule has 190 valence electrons. The maximum Gasteiger partial charge on any atom is 0.328 e. The lowest BCUT2D eigenvalue weighted by atomic mass is 10.1. The molecule has 10 heteroatoms. The number of aromatic nitrogens is 1. The number of rotatable bonds is 8. The van der Waals surface area contributed by atoms with Crippen LogP contribution < -0.4 is 20.3 Å². The van der Waals surface area contributed by atoms with Gasteiger partial charge in [0.1, 0.15) is 5.82 Å². The lowest BCUT2D eigenvalue weighted by molar-refractivity contribution is 0.243. The van der Waals surface area contributed by atoms with Crippen molar-refractivity contribution < 1.29 is 18.0 Å². The van der Waals surface area contributed by atoms with Crippen LogP contribution in [0.15, 0.2) is 65.6 Å². The van der Waals surface area contributed by atoms with Crippen molar-refractivity contribution in [1.82, 2.24) is 20.3 Å². The number of pyridine rings is 1. The molecule has 1 aromatic heterocycles. The quantitative estimate of drug-likeness (QED) is 0.427. The van der Waals surface area contributed by atoms with Crippen molar-refractivity contribution in [3.05, 3.63) is 66.2 Å². The second-order valence-electron chi connectivity index (χ2n) is 9.01. The second-order valence-corrected chi connectivity index (χ2v) is 10.7. The van der Waals surface area contributed by atoms with Gasteiger partial charge in [-0.15, -0.1) is 0 Å². The molecule has 1 aliphatic rings. The SMILES string of the molecule is CN(C(=O)NCCc1ccc(S(=O)(=O)NC(=O)NCC2CCCC2)cc1)c1ccc2ccccc2n1. The Kier molecular flexibility index (Phi) is 8.04. The fraction of sp³-hybridized carbons (Fsp3) is 0.346. The van der Waals surface area contributed by atoms with Crippen LogP contribution >= 0.6 is 0 Å². The molecule has 9 nitrogen and oxygen atoms in total. The van der Waals surface area contributed by atoms with Crippen LogP contribution in [0, 0.1) is 5.92 Å². The Labute approximate surface area is 211 Å². The van der Waals surface area contributed by atoms with Crippen LogP contribution in [0.1, 0.15) is 31.2 Å². The van der Waals surface area contributed by atoms with Crippen molar-refractivity contribution in [3.63, 3.8) is 0 Å². The van der Waals surface area contributed by atoms with Crippen LogP contribution in [0.5, 0.6) is 0 Å². The van der Waals surface area contributed by atoms with Gasteiger partial charge in [0, 0.05) is 25.5 Å². The van der Waals surface area contributed by atoms with E-state index in [4.69, 9.17) is 0 Å². The fourth-order valence-corrected chi connectivity index (χ4v) is 5.21. The molecular weight excluding hydrogens is 478 g/mol. The van der Waals surface area contributed by atoms with E-state index in [9.17, 15) is 18.0 Å². The standard InChI is InChI=1S/C26H31N5O4S/c1-31(24-15-12-21-8-4-5-9-23(21)29-24)26(33)27-17-16-19-10-13-22(14-11-19)36(34,35)30-25(32)28-18-20-6-2-3-7-20/h4-5,8-15,20H,2-3,6-7,16-18H2,1H3,(H,27,33)(H2,28,30,32). The summed E-state index contributed by atoms with van der Waals surface area (Å²) in [6.07, 6.45) is 4.94. The predicted molar refractivity (Wildman–Crippen MR) is 139 cm³/mol. The van der Waals surface area contributed by atoms with Gasteiger partial charge in [-0.3, -0.25) is 4.90 Å². The van der Waals surface area contributed by atoms with Gasteiger partial charge >= 0.3 is 12.1 Å². The van der Waals surface area contributed by atoms with Crippen LogP contribution in [-0.2, 0) is 16.4 Å². The monoisotopic (exact) mass is 509 g/mol. The highest BCUT2D eigenvalue weighted by molar-refractivity contribution is 7.90. The van der Waals surface area contributed by atoms with Crippen LogP contribution in [0.25, 0.3) is 10.9 Å². The molecule has 0 unspecified atom stereocenters. The third-order valence-electron chi connectivity index (χ3n) is 6.41. The third-order valence-corrected chi connectivity index (χ3v) is 7.76. The Bertz CT molecular complexity index is 1320. The normalized spacial score (nSPS) is 13.9. The molecule has 1 saturated carbocycles. The predicted octanol–water partition coefficient (Wildman–Crippen LogP) is 3.80. The molecule has 0 bridgehead atoms. The van der Waals surface area contributed by atoms with E-state index < -0.39 is 16.1 Å². The molecule has 1 heterocycles. The zero-order chi connectivity index (χ0) is 25.5. The van der Waals surface area contributed by atoms with E-state index >= 15 is 0 Å². The average Bonchev–Trinajstić information content (AvgIpc) is 3.40. The van der Waals surface area contributed by atoms with Gasteiger partial charge in [-0.2, -0.15) is 0 Å². The average molecular weight is 510 g/mol. The number of fused-ring (bicyclic) bond motifs is 1. The smallest absolute Gasteiger partial charge is 0.328 e. The highest BCUT2D eigenvalue weighted by atomic mass is 32.2. The summed E-state index contributed by atoms with van der Waals surface area (Å²) >= 11 is 0. The van der Waals surface area contributed by atoms with E-state index in [1.807, 2.05) is 30.3 Å². The molecule has 1 aliphatic carbocycles. The first-order valence-electron chi connectivity index (χ1n) is 12.1. The van der Waals surface area contributed by atoms with Crippen LogP contribution in [0.2, 0.25) is 0 Å². The molecule has 36 heavy (non-hydrogen) atoms. The zero-order valence-corrected chi connectivity index (χ0v) is 21.1. The highest BCUT2D eigenvalue weighted by Crippen LogP contribution is 2.23. The lowest BCUT2D eigenvalue weighted by Gasteiger charge is -2.17. The number of urea groups is 2. The Balaban J connectivity index is 1.25. The Morgan fingerprint density at radius 2 is 1.69 bits per heavy atom. The molecule has 1 fully saturated rings. The molecule has 0 atom stereocenters. The van der Waals surface area contributed by atoms with Gasteiger partial charge in [0.15, 0.2) is 0 Å². The van der Waals surface area contributed by atoms with E-state index in [1.165, 1.54) is 17.0 Å². The number of hydrogen-bond acceptors (Lipinski definition) is 5. The molecule has 4 rings (SSSR count). The molecule has 0 aliphatic heterocycles. The van der Waals surface area contributed by atoms with E-state index in [0.29, 0.717) is 31.2 Å². The lowest BCUT2D eigenvalue weighted by Crippen LogP contribution is -2.41. The summed E-state index contributed by atoms with van der Waals surface area (Å²) in [6, 6.07) is 16.7. The first kappa shape index (κ1) is 25.4. The van der Waals surface area contributed by atoms with Gasteiger partial charge in [0.2, 0.25) is 0 Å². The van der Waals surface area contributed by atoms with Gasteiger partial charge in [0.05, 0.1) is 10.4 Å². The van der Waals surface area contributed by atoms with Crippen molar-refractivity contribution in [2.45, 2.75) is 37.0 Å². The van der Waals surface area contributed by atoms with Gasteiger partial charge in [-0.1, -0.05) is 43.2 Å². The number of nitrogens with zero attached hydrogens (tertiary/aromatic N) is 2. The number of anilines is 1. The number of para-hydroxylation sites is 1. The topological polar surface area (TPSA) is 121 Å². The molecule has 4 amide bonds. The number of sulfonamides is 1. The van der Waals surface area contributed by atoms with E-state index in [2.05, 4.69) is 20.3 Å². The number of nitrogens with one attached hydrogen (secondary N) is 3. The minimum absolute atomic E-state index is 0.00779. The molecule has 3 N–H and O–H groups in total. The molecule has 0 saturated heterocycles. The summed E-state index contributed by atoms with van der Waals surface area (Å²) in [5, 5.41) is 6.50. The maximum absolute atomic E-state index is 12.5. The summed E-state index contributed by atoms with van der Waals surface area (Å²) in [6.45, 7) is 0.850. The van der Waals surface area contributed by atoms with Crippen LogP contribution in [0.4, 0.5) is 15.4 Å². The Morgan fingerprint density at radius 1 is 0.972 bits per heavy atom. The fourth-order valence-electron chi connectivity index (χ4n) is 4.28. The summed E-state index contributed by atoms with van der Waals surface area (Å²) in [4.78, 5) is 30.6. The largest absolute Gasteiger partial charge is 0.337 e. The van der Waals surface area contributed by atoms with Gasteiger partial charge in [-0.25, -0.2) is 27.7 Å². The number of carbonyl (C=O) groups is 2. The molecule has 3 aromatic rings. The highest BCUT2D eigenvalue weighted by Gasteiger charge is 2.20. The number of amides is 4. The molecule has 0 spiro atoms. The number of hydrogen-bond donors (Lipinski definition) is 3. The van der Waals surface area contributed by atoms with E-state index in [-0.39, 0.29) is 10.9 Å². The van der Waals surface area contributed by atoms with Crippen molar-refractivity contribution in [2.24, 2.45) is 5.92 Å². The van der Waals surface area contributed by atoms with Gasteiger partial charge < -0.3 is 10.6 Å². The first-order chi connectivity index (χ1) is 17.3. The maximum atomic E-state index is 12.5. The molecular formula is C26H31N5O4S. The zero-order valence-electron chi connectivity index (χ0n) is 20.2. The van der Waals surface area contributed by atoms with Crippen LogP contribution in [0.3, 0.4) is 0 Å². The van der Waals surface area contributed by atoms with Gasteiger partial charge in [-0.05, 0) is 61.1 Å². The summed E-state index contributed by atoms with van der Waals surface area (Å²) in [7, 11) is -2.30. The Hall–Kier alpha value is -3.66. The first-order valence-corrected chi connectivity index (χ1v) is 13.6. The van der Waals surface area contributed by atoms with Crippen molar-refractivity contribution in [3.8, 4) is 0 Å². The summed E-state index contributed by atoms with van der Waals surface area (Å²) < 4.78 is 27.1. The number of carbonyl (C=O) groups excluding carboxylic acids is 2. The summed E-state index contributed by atoms with van der Waals surface area (Å²) in [5.74, 6) is 0.961. The summed E-state index contributed by atoms with van der Waals surface area (Å²) in [5.41, 5.74) is 1.66. The van der Waals surface area contributed by atoms with Crippen LogP contribution in [-0.4, -0.2) is 45.6 Å². The van der Waals surface area contributed by atoms with E-state index in [0.717, 1.165) is 42.1 Å². The van der Waals surface area contributed by atoms with Crippen molar-refractivity contribution in [1.29, 1.82) is 0 Å². The second kappa shape index (κ2) is 11.4. The minimum Gasteiger partial charge on any atom is -0.337 e. The Morgan fingerprint density at radius 3 is 2.44 bits per heavy atom. The van der Waals surface area contributed by atoms with Crippen molar-refractivity contribution >= 4 is 38.8 Å². The molecule has 0 radical (unpaired) electrons. The minimum atomic E-state index is -3.96. The van der Waals surface area contributed by atoms with E-state index in [1.54, 1.807) is 25.2 Å².